The molecule has 0 atom stereocenters. The van der Waals surface area contributed by atoms with Crippen LogP contribution in [0.3, 0.4) is 0 Å². The molecule has 1 amide bonds. The standard InChI is InChI=1S/C13H17N5O/c1-18-9-7-10(17-18)6-8-15-13(19)11-4-2-3-5-12(11)16-14/h2-5,7,9,16H,6,8,14H2,1H3,(H,15,19). The number of nitrogens with zero attached hydrogens (tertiary/aromatic N) is 2. The Morgan fingerprint density at radius 3 is 2.84 bits per heavy atom. The van der Waals surface area contributed by atoms with E-state index in [4.69, 9.17) is 5.84 Å². The summed E-state index contributed by atoms with van der Waals surface area (Å²) in [6, 6.07) is 9.04. The first-order chi connectivity index (χ1) is 9.20. The predicted molar refractivity (Wildman–Crippen MR) is 73.5 cm³/mol. The van der Waals surface area contributed by atoms with E-state index in [1.807, 2.05) is 25.4 Å². The number of amides is 1. The molecule has 6 heteroatoms. The number of rotatable bonds is 5. The third-order valence-corrected chi connectivity index (χ3v) is 2.76. The molecular formula is C13H17N5O. The molecule has 1 aromatic carbocycles. The average molecular weight is 259 g/mol. The van der Waals surface area contributed by atoms with Crippen LogP contribution in [0.2, 0.25) is 0 Å². The van der Waals surface area contributed by atoms with E-state index in [0.717, 1.165) is 5.69 Å². The van der Waals surface area contributed by atoms with E-state index < -0.39 is 0 Å². The van der Waals surface area contributed by atoms with Crippen LogP contribution >= 0.6 is 0 Å². The summed E-state index contributed by atoms with van der Waals surface area (Å²) in [6.45, 7) is 0.536. The first-order valence-corrected chi connectivity index (χ1v) is 6.03. The summed E-state index contributed by atoms with van der Waals surface area (Å²) in [5.41, 5.74) is 4.61. The molecule has 0 aliphatic heterocycles. The number of hydrogen-bond acceptors (Lipinski definition) is 4. The highest BCUT2D eigenvalue weighted by Crippen LogP contribution is 2.12. The Hall–Kier alpha value is -2.34. The first-order valence-electron chi connectivity index (χ1n) is 6.03. The molecule has 0 radical (unpaired) electrons. The number of nitrogen functional groups attached to an aromatic ring is 1. The second kappa shape index (κ2) is 6.01. The maximum Gasteiger partial charge on any atom is 0.253 e. The van der Waals surface area contributed by atoms with Crippen LogP contribution in [0.4, 0.5) is 5.69 Å². The largest absolute Gasteiger partial charge is 0.352 e. The highest BCUT2D eigenvalue weighted by Gasteiger charge is 2.09. The van der Waals surface area contributed by atoms with Gasteiger partial charge in [-0.05, 0) is 18.2 Å². The quantitative estimate of drug-likeness (QED) is 0.544. The maximum atomic E-state index is 12.0. The molecule has 0 fully saturated rings. The van der Waals surface area contributed by atoms with Crippen molar-refractivity contribution in [3.8, 4) is 0 Å². The number of nitrogens with one attached hydrogen (secondary N) is 2. The van der Waals surface area contributed by atoms with E-state index in [0.29, 0.717) is 24.2 Å². The molecule has 0 saturated heterocycles. The second-order valence-electron chi connectivity index (χ2n) is 4.18. The lowest BCUT2D eigenvalue weighted by atomic mass is 10.1. The van der Waals surface area contributed by atoms with Crippen LogP contribution in [0.15, 0.2) is 36.5 Å². The van der Waals surface area contributed by atoms with Gasteiger partial charge >= 0.3 is 0 Å². The topological polar surface area (TPSA) is 85.0 Å². The number of hydrazine groups is 1. The van der Waals surface area contributed by atoms with Gasteiger partial charge < -0.3 is 10.7 Å². The van der Waals surface area contributed by atoms with E-state index in [2.05, 4.69) is 15.8 Å². The molecule has 0 unspecified atom stereocenters. The summed E-state index contributed by atoms with van der Waals surface area (Å²) in [7, 11) is 1.87. The molecule has 100 valence electrons. The lowest BCUT2D eigenvalue weighted by Gasteiger charge is -2.08. The number of hydrogen-bond donors (Lipinski definition) is 3. The van der Waals surface area contributed by atoms with Crippen LogP contribution in [0.25, 0.3) is 0 Å². The molecule has 0 saturated carbocycles. The van der Waals surface area contributed by atoms with Gasteiger partial charge in [0.25, 0.3) is 5.91 Å². The maximum absolute atomic E-state index is 12.0. The number of aryl methyl sites for hydroxylation is 1. The average Bonchev–Trinajstić information content (AvgIpc) is 2.84. The zero-order valence-electron chi connectivity index (χ0n) is 10.8. The molecule has 2 rings (SSSR count). The van der Waals surface area contributed by atoms with Crippen molar-refractivity contribution in [1.29, 1.82) is 0 Å². The van der Waals surface area contributed by atoms with Crippen LogP contribution in [-0.2, 0) is 13.5 Å². The molecule has 0 bridgehead atoms. The third kappa shape index (κ3) is 3.32. The Balaban J connectivity index is 1.90. The summed E-state index contributed by atoms with van der Waals surface area (Å²) in [6.07, 6.45) is 2.58. The number of anilines is 1. The lowest BCUT2D eigenvalue weighted by molar-refractivity contribution is 0.0955. The van der Waals surface area contributed by atoms with Crippen LogP contribution in [0.5, 0.6) is 0 Å². The number of para-hydroxylation sites is 1. The van der Waals surface area contributed by atoms with Gasteiger partial charge in [0.2, 0.25) is 0 Å². The Kier molecular flexibility index (Phi) is 4.15. The van der Waals surface area contributed by atoms with Crippen LogP contribution in [0.1, 0.15) is 16.1 Å². The van der Waals surface area contributed by atoms with E-state index in [1.54, 1.807) is 22.9 Å². The minimum Gasteiger partial charge on any atom is -0.352 e. The molecule has 0 spiro atoms. The van der Waals surface area contributed by atoms with Crippen molar-refractivity contribution in [3.05, 3.63) is 47.8 Å². The van der Waals surface area contributed by atoms with Gasteiger partial charge in [0, 0.05) is 26.2 Å². The van der Waals surface area contributed by atoms with E-state index in [9.17, 15) is 4.79 Å². The second-order valence-corrected chi connectivity index (χ2v) is 4.18. The summed E-state index contributed by atoms with van der Waals surface area (Å²) >= 11 is 0. The molecular weight excluding hydrogens is 242 g/mol. The number of benzene rings is 1. The number of nitrogens with two attached hydrogens (primary N) is 1. The van der Waals surface area contributed by atoms with Gasteiger partial charge in [-0.1, -0.05) is 12.1 Å². The number of carbonyl (C=O) groups is 1. The normalized spacial score (nSPS) is 10.2. The molecule has 4 N–H and O–H groups in total. The molecule has 0 aliphatic rings. The number of aromatic nitrogens is 2. The fourth-order valence-electron chi connectivity index (χ4n) is 1.80. The summed E-state index contributed by atoms with van der Waals surface area (Å²) in [4.78, 5) is 12.0. The van der Waals surface area contributed by atoms with Gasteiger partial charge in [0.15, 0.2) is 0 Å². The summed E-state index contributed by atoms with van der Waals surface area (Å²) < 4.78 is 1.74. The zero-order chi connectivity index (χ0) is 13.7. The van der Waals surface area contributed by atoms with Gasteiger partial charge in [-0.15, -0.1) is 0 Å². The van der Waals surface area contributed by atoms with Crippen molar-refractivity contribution in [2.24, 2.45) is 12.9 Å². The Labute approximate surface area is 111 Å². The van der Waals surface area contributed by atoms with Gasteiger partial charge in [-0.2, -0.15) is 5.10 Å². The summed E-state index contributed by atoms with van der Waals surface area (Å²) in [5.74, 6) is 5.22. The van der Waals surface area contributed by atoms with Gasteiger partial charge in [0.1, 0.15) is 0 Å². The summed E-state index contributed by atoms with van der Waals surface area (Å²) in [5, 5.41) is 7.09. The number of carbonyl (C=O) groups excluding carboxylic acids is 1. The van der Waals surface area contributed by atoms with Gasteiger partial charge in [-0.25, -0.2) is 0 Å². The zero-order valence-corrected chi connectivity index (χ0v) is 10.8. The van der Waals surface area contributed by atoms with Crippen molar-refractivity contribution in [1.82, 2.24) is 15.1 Å². The Morgan fingerprint density at radius 2 is 2.16 bits per heavy atom. The van der Waals surface area contributed by atoms with E-state index in [1.165, 1.54) is 0 Å². The SMILES string of the molecule is Cn1ccc(CCNC(=O)c2ccccc2NN)n1. The van der Waals surface area contributed by atoms with Crippen LogP contribution in [0, 0.1) is 0 Å². The van der Waals surface area contributed by atoms with Crippen molar-refractivity contribution in [2.75, 3.05) is 12.0 Å². The molecule has 1 aromatic heterocycles. The highest BCUT2D eigenvalue weighted by molar-refractivity contribution is 5.99. The van der Waals surface area contributed by atoms with E-state index in [-0.39, 0.29) is 5.91 Å². The molecule has 6 nitrogen and oxygen atoms in total. The van der Waals surface area contributed by atoms with Crippen LogP contribution < -0.4 is 16.6 Å². The van der Waals surface area contributed by atoms with Crippen molar-refractivity contribution in [2.45, 2.75) is 6.42 Å². The van der Waals surface area contributed by atoms with Crippen molar-refractivity contribution in [3.63, 3.8) is 0 Å². The fourth-order valence-corrected chi connectivity index (χ4v) is 1.80. The lowest BCUT2D eigenvalue weighted by Crippen LogP contribution is -2.27. The third-order valence-electron chi connectivity index (χ3n) is 2.76. The molecule has 19 heavy (non-hydrogen) atoms. The monoisotopic (exact) mass is 259 g/mol. The molecule has 2 aromatic rings. The van der Waals surface area contributed by atoms with Crippen molar-refractivity contribution < 1.29 is 4.79 Å². The highest BCUT2D eigenvalue weighted by atomic mass is 16.1. The van der Waals surface area contributed by atoms with E-state index >= 15 is 0 Å². The van der Waals surface area contributed by atoms with Crippen molar-refractivity contribution >= 4 is 11.6 Å². The Morgan fingerprint density at radius 1 is 1.37 bits per heavy atom. The van der Waals surface area contributed by atoms with Gasteiger partial charge in [-0.3, -0.25) is 15.3 Å². The Bertz CT molecular complexity index is 564. The molecule has 1 heterocycles. The fraction of sp³-hybridized carbons (Fsp3) is 0.231. The van der Waals surface area contributed by atoms with Gasteiger partial charge in [0.05, 0.1) is 16.9 Å². The molecule has 0 aliphatic carbocycles. The first kappa shape index (κ1) is 13.1. The minimum absolute atomic E-state index is 0.149. The predicted octanol–water partition coefficient (Wildman–Crippen LogP) is 0.678. The minimum atomic E-state index is -0.149. The smallest absolute Gasteiger partial charge is 0.253 e. The van der Waals surface area contributed by atoms with Crippen LogP contribution in [-0.4, -0.2) is 22.2 Å².